The topological polar surface area (TPSA) is 68.3 Å². The normalized spacial score (nSPS) is 15.4. The standard InChI is InChI=1S/C23H27ClN2O5/c1-29-20-8-4-6-18(14-20)21(31-16-17-5-3-7-19(24)13-17)15-25-9-11-26(12-10-25)22(27)23(28)30-2/h3-8,13-14,21H,9-12,15-16H2,1-2H3. The second-order valence-corrected chi connectivity index (χ2v) is 7.73. The highest BCUT2D eigenvalue weighted by Crippen LogP contribution is 2.25. The van der Waals surface area contributed by atoms with Crippen molar-refractivity contribution in [3.63, 3.8) is 0 Å². The van der Waals surface area contributed by atoms with Crippen LogP contribution < -0.4 is 4.74 Å². The van der Waals surface area contributed by atoms with Gasteiger partial charge in [0, 0.05) is 37.7 Å². The van der Waals surface area contributed by atoms with Crippen LogP contribution in [0.4, 0.5) is 0 Å². The lowest BCUT2D eigenvalue weighted by Crippen LogP contribution is -2.51. The lowest BCUT2D eigenvalue weighted by molar-refractivity contribution is -0.159. The molecule has 0 spiro atoms. The second kappa shape index (κ2) is 11.1. The molecular weight excluding hydrogens is 420 g/mol. The van der Waals surface area contributed by atoms with Crippen LogP contribution in [0.3, 0.4) is 0 Å². The van der Waals surface area contributed by atoms with Gasteiger partial charge in [-0.2, -0.15) is 0 Å². The van der Waals surface area contributed by atoms with Gasteiger partial charge >= 0.3 is 11.9 Å². The zero-order chi connectivity index (χ0) is 22.2. The number of rotatable bonds is 7. The molecule has 1 aliphatic heterocycles. The molecule has 7 nitrogen and oxygen atoms in total. The van der Waals surface area contributed by atoms with Gasteiger partial charge in [-0.15, -0.1) is 0 Å². The number of carbonyl (C=O) groups is 2. The average molecular weight is 447 g/mol. The molecule has 2 aromatic carbocycles. The summed E-state index contributed by atoms with van der Waals surface area (Å²) in [4.78, 5) is 27.3. The fourth-order valence-electron chi connectivity index (χ4n) is 3.50. The number of carbonyl (C=O) groups excluding carboxylic acids is 2. The molecule has 0 aliphatic carbocycles. The average Bonchev–Trinajstić information content (AvgIpc) is 2.81. The fourth-order valence-corrected chi connectivity index (χ4v) is 3.72. The zero-order valence-corrected chi connectivity index (χ0v) is 18.5. The lowest BCUT2D eigenvalue weighted by atomic mass is 10.1. The predicted octanol–water partition coefficient (Wildman–Crippen LogP) is 2.92. The highest BCUT2D eigenvalue weighted by Gasteiger charge is 2.28. The number of hydrogen-bond acceptors (Lipinski definition) is 6. The third-order valence-corrected chi connectivity index (χ3v) is 5.48. The van der Waals surface area contributed by atoms with Crippen LogP contribution in [-0.2, 0) is 25.7 Å². The van der Waals surface area contributed by atoms with Gasteiger partial charge in [0.1, 0.15) is 5.75 Å². The lowest BCUT2D eigenvalue weighted by Gasteiger charge is -2.36. The molecule has 1 fully saturated rings. The molecule has 1 atom stereocenters. The van der Waals surface area contributed by atoms with E-state index in [1.807, 2.05) is 48.5 Å². The molecule has 0 radical (unpaired) electrons. The molecule has 1 amide bonds. The van der Waals surface area contributed by atoms with E-state index in [4.69, 9.17) is 21.1 Å². The number of halogens is 1. The molecule has 1 heterocycles. The van der Waals surface area contributed by atoms with Crippen LogP contribution in [-0.4, -0.2) is 68.6 Å². The third kappa shape index (κ3) is 6.43. The Morgan fingerprint density at radius 1 is 1.03 bits per heavy atom. The zero-order valence-electron chi connectivity index (χ0n) is 17.8. The van der Waals surface area contributed by atoms with E-state index in [0.29, 0.717) is 44.4 Å². The quantitative estimate of drug-likeness (QED) is 0.481. The van der Waals surface area contributed by atoms with Gasteiger partial charge in [0.05, 0.1) is 26.9 Å². The number of methoxy groups -OCH3 is 2. The van der Waals surface area contributed by atoms with Crippen LogP contribution in [0, 0.1) is 0 Å². The maximum absolute atomic E-state index is 12.0. The van der Waals surface area contributed by atoms with Crippen LogP contribution in [0.2, 0.25) is 5.02 Å². The van der Waals surface area contributed by atoms with Gasteiger partial charge in [0.2, 0.25) is 0 Å². The van der Waals surface area contributed by atoms with Gasteiger partial charge in [0.25, 0.3) is 0 Å². The Morgan fingerprint density at radius 2 is 1.77 bits per heavy atom. The Morgan fingerprint density at radius 3 is 2.45 bits per heavy atom. The van der Waals surface area contributed by atoms with Crippen molar-refractivity contribution in [2.45, 2.75) is 12.7 Å². The fraction of sp³-hybridized carbons (Fsp3) is 0.391. The minimum Gasteiger partial charge on any atom is -0.497 e. The molecule has 0 saturated carbocycles. The Bertz CT molecular complexity index is 899. The van der Waals surface area contributed by atoms with Gasteiger partial charge in [-0.3, -0.25) is 9.69 Å². The largest absolute Gasteiger partial charge is 0.497 e. The molecule has 2 aromatic rings. The van der Waals surface area contributed by atoms with Crippen LogP contribution >= 0.6 is 11.6 Å². The maximum atomic E-state index is 12.0. The van der Waals surface area contributed by atoms with Crippen LogP contribution in [0.25, 0.3) is 0 Å². The molecular formula is C23H27ClN2O5. The summed E-state index contributed by atoms with van der Waals surface area (Å²) >= 11 is 6.10. The monoisotopic (exact) mass is 446 g/mol. The van der Waals surface area contributed by atoms with Crippen molar-refractivity contribution in [3.8, 4) is 5.75 Å². The Labute approximate surface area is 187 Å². The van der Waals surface area contributed by atoms with Crippen molar-refractivity contribution >= 4 is 23.5 Å². The summed E-state index contributed by atoms with van der Waals surface area (Å²) in [6.07, 6.45) is -0.197. The van der Waals surface area contributed by atoms with Gasteiger partial charge < -0.3 is 19.1 Å². The number of esters is 1. The van der Waals surface area contributed by atoms with E-state index in [1.165, 1.54) is 12.0 Å². The first kappa shape index (κ1) is 23.1. The second-order valence-electron chi connectivity index (χ2n) is 7.29. The van der Waals surface area contributed by atoms with Crippen molar-refractivity contribution < 1.29 is 23.8 Å². The van der Waals surface area contributed by atoms with Crippen molar-refractivity contribution in [2.75, 3.05) is 46.9 Å². The molecule has 0 aromatic heterocycles. The molecule has 166 valence electrons. The summed E-state index contributed by atoms with van der Waals surface area (Å²) in [6, 6.07) is 15.4. The summed E-state index contributed by atoms with van der Waals surface area (Å²) in [6.45, 7) is 3.28. The first-order valence-corrected chi connectivity index (χ1v) is 10.5. The van der Waals surface area contributed by atoms with Gasteiger partial charge in [-0.05, 0) is 35.4 Å². The van der Waals surface area contributed by atoms with E-state index in [0.717, 1.165) is 16.9 Å². The number of hydrogen-bond donors (Lipinski definition) is 0. The number of benzene rings is 2. The smallest absolute Gasteiger partial charge is 0.396 e. The first-order valence-electron chi connectivity index (χ1n) is 10.1. The van der Waals surface area contributed by atoms with Crippen LogP contribution in [0.15, 0.2) is 48.5 Å². The summed E-state index contributed by atoms with van der Waals surface area (Å²) in [5, 5.41) is 0.672. The molecule has 31 heavy (non-hydrogen) atoms. The van der Waals surface area contributed by atoms with Gasteiger partial charge in [-0.1, -0.05) is 35.9 Å². The molecule has 1 aliphatic rings. The van der Waals surface area contributed by atoms with E-state index >= 15 is 0 Å². The highest BCUT2D eigenvalue weighted by molar-refractivity contribution is 6.32. The number of nitrogens with zero attached hydrogens (tertiary/aromatic N) is 2. The third-order valence-electron chi connectivity index (χ3n) is 5.25. The number of ether oxygens (including phenoxy) is 3. The Hall–Kier alpha value is -2.61. The molecule has 1 saturated heterocycles. The van der Waals surface area contributed by atoms with Crippen molar-refractivity contribution in [1.82, 2.24) is 9.80 Å². The summed E-state index contributed by atoms with van der Waals surface area (Å²) < 4.78 is 16.2. The summed E-state index contributed by atoms with van der Waals surface area (Å²) in [7, 11) is 2.85. The number of piperazine rings is 1. The van der Waals surface area contributed by atoms with Gasteiger partial charge in [-0.25, -0.2) is 4.79 Å². The molecule has 8 heteroatoms. The van der Waals surface area contributed by atoms with Crippen molar-refractivity contribution in [2.24, 2.45) is 0 Å². The SMILES string of the molecule is COC(=O)C(=O)N1CCN(CC(OCc2cccc(Cl)c2)c2cccc(OC)c2)CC1. The summed E-state index contributed by atoms with van der Waals surface area (Å²) in [5.74, 6) is -0.654. The van der Waals surface area contributed by atoms with Crippen molar-refractivity contribution in [3.05, 3.63) is 64.7 Å². The van der Waals surface area contributed by atoms with Crippen LogP contribution in [0.1, 0.15) is 17.2 Å². The minimum absolute atomic E-state index is 0.197. The Kier molecular flexibility index (Phi) is 8.28. The first-order chi connectivity index (χ1) is 15.0. The van der Waals surface area contributed by atoms with E-state index in [1.54, 1.807) is 7.11 Å². The highest BCUT2D eigenvalue weighted by atomic mass is 35.5. The maximum Gasteiger partial charge on any atom is 0.396 e. The molecule has 1 unspecified atom stereocenters. The molecule has 3 rings (SSSR count). The number of amides is 1. The molecule has 0 N–H and O–H groups in total. The van der Waals surface area contributed by atoms with E-state index in [9.17, 15) is 9.59 Å². The Balaban J connectivity index is 1.67. The van der Waals surface area contributed by atoms with Crippen molar-refractivity contribution in [1.29, 1.82) is 0 Å². The minimum atomic E-state index is -0.826. The van der Waals surface area contributed by atoms with E-state index in [2.05, 4.69) is 9.64 Å². The van der Waals surface area contributed by atoms with E-state index < -0.39 is 11.9 Å². The molecule has 0 bridgehead atoms. The predicted molar refractivity (Wildman–Crippen MR) is 117 cm³/mol. The van der Waals surface area contributed by atoms with E-state index in [-0.39, 0.29) is 6.10 Å². The van der Waals surface area contributed by atoms with Gasteiger partial charge in [0.15, 0.2) is 0 Å². The van der Waals surface area contributed by atoms with Crippen LogP contribution in [0.5, 0.6) is 5.75 Å². The summed E-state index contributed by atoms with van der Waals surface area (Å²) in [5.41, 5.74) is 2.00.